The van der Waals surface area contributed by atoms with E-state index in [4.69, 9.17) is 18.9 Å². The smallest absolute Gasteiger partial charge is 0.242 e. The average molecular weight is 923 g/mol. The Morgan fingerprint density at radius 3 is 1.12 bits per heavy atom. The highest BCUT2D eigenvalue weighted by atomic mass is 32.2. The molecular formula is C46H62N6O10S2. The van der Waals surface area contributed by atoms with Crippen molar-refractivity contribution in [2.24, 2.45) is 11.8 Å². The van der Waals surface area contributed by atoms with E-state index in [9.17, 15) is 26.4 Å². The molecule has 18 heteroatoms. The Morgan fingerprint density at radius 1 is 0.531 bits per heavy atom. The normalized spacial score (nSPS) is 15.4. The van der Waals surface area contributed by atoms with Crippen LogP contribution in [0.3, 0.4) is 0 Å². The lowest BCUT2D eigenvalue weighted by molar-refractivity contribution is -0.118. The molecule has 0 unspecified atom stereocenters. The van der Waals surface area contributed by atoms with Gasteiger partial charge in [0.25, 0.3) is 0 Å². The van der Waals surface area contributed by atoms with Gasteiger partial charge < -0.3 is 39.4 Å². The van der Waals surface area contributed by atoms with Gasteiger partial charge >= 0.3 is 0 Å². The summed E-state index contributed by atoms with van der Waals surface area (Å²) < 4.78 is 77.4. The molecule has 6 rings (SSSR count). The highest BCUT2D eigenvalue weighted by molar-refractivity contribution is 7.89. The molecule has 2 aliphatic rings. The second-order valence-corrected chi connectivity index (χ2v) is 19.7. The van der Waals surface area contributed by atoms with Gasteiger partial charge in [0.15, 0.2) is 0 Å². The Labute approximate surface area is 378 Å². The molecule has 0 radical (unpaired) electrons. The lowest BCUT2D eigenvalue weighted by atomic mass is 10.0. The molecule has 2 aliphatic heterocycles. The molecular weight excluding hydrogens is 861 g/mol. The summed E-state index contributed by atoms with van der Waals surface area (Å²) in [4.78, 5) is 30.5. The maximum atomic E-state index is 13.0. The van der Waals surface area contributed by atoms with Gasteiger partial charge in [-0.15, -0.1) is 0 Å². The van der Waals surface area contributed by atoms with E-state index in [0.29, 0.717) is 62.1 Å². The molecule has 348 valence electrons. The van der Waals surface area contributed by atoms with Crippen molar-refractivity contribution in [1.29, 1.82) is 0 Å². The van der Waals surface area contributed by atoms with Crippen LogP contribution in [0.4, 0.5) is 22.7 Å². The van der Waals surface area contributed by atoms with Crippen molar-refractivity contribution in [2.45, 2.75) is 62.4 Å². The number of benzene rings is 4. The average Bonchev–Trinajstić information content (AvgIpc) is 3.29. The highest BCUT2D eigenvalue weighted by Gasteiger charge is 2.28. The van der Waals surface area contributed by atoms with Gasteiger partial charge in [-0.1, -0.05) is 27.7 Å². The first-order valence-corrected chi connectivity index (χ1v) is 24.3. The fraction of sp³-hybridized carbons (Fsp3) is 0.435. The summed E-state index contributed by atoms with van der Waals surface area (Å²) in [5.74, 6) is 0.563. The number of rotatable bonds is 18. The fourth-order valence-corrected chi connectivity index (χ4v) is 9.41. The summed E-state index contributed by atoms with van der Waals surface area (Å²) >= 11 is 0. The molecule has 2 heterocycles. The molecule has 0 spiro atoms. The number of ether oxygens (including phenoxy) is 4. The fourth-order valence-electron chi connectivity index (χ4n) is 6.99. The second kappa shape index (κ2) is 23.6. The van der Waals surface area contributed by atoms with E-state index in [1.165, 1.54) is 38.5 Å². The summed E-state index contributed by atoms with van der Waals surface area (Å²) in [6, 6.07) is 25.4. The van der Waals surface area contributed by atoms with Crippen molar-refractivity contribution in [3.8, 4) is 11.5 Å². The Morgan fingerprint density at radius 2 is 0.844 bits per heavy atom. The molecule has 2 fully saturated rings. The quantitative estimate of drug-likeness (QED) is 0.0950. The Balaban J connectivity index is 0.000000241. The summed E-state index contributed by atoms with van der Waals surface area (Å²) in [7, 11) is -4.72. The monoisotopic (exact) mass is 922 g/mol. The van der Waals surface area contributed by atoms with Gasteiger partial charge in [-0.2, -0.15) is 9.44 Å². The zero-order chi connectivity index (χ0) is 46.3. The number of carbonyl (C=O) groups is 2. The molecule has 0 bridgehead atoms. The van der Waals surface area contributed by atoms with Crippen LogP contribution < -0.4 is 39.4 Å². The predicted molar refractivity (Wildman–Crippen MR) is 249 cm³/mol. The Kier molecular flexibility index (Phi) is 18.4. The predicted octanol–water partition coefficient (Wildman–Crippen LogP) is 5.73. The summed E-state index contributed by atoms with van der Waals surface area (Å²) in [5.41, 5.74) is 3.35. The number of sulfonamides is 2. The van der Waals surface area contributed by atoms with Gasteiger partial charge in [-0.05, 0) is 122 Å². The van der Waals surface area contributed by atoms with Crippen molar-refractivity contribution < 1.29 is 45.4 Å². The zero-order valence-electron chi connectivity index (χ0n) is 37.4. The lowest BCUT2D eigenvalue weighted by Crippen LogP contribution is -2.44. The number of methoxy groups -OCH3 is 2. The first-order valence-electron chi connectivity index (χ1n) is 21.4. The minimum atomic E-state index is -3.87. The largest absolute Gasteiger partial charge is 0.497 e. The third-order valence-corrected chi connectivity index (χ3v) is 13.4. The van der Waals surface area contributed by atoms with E-state index < -0.39 is 43.9 Å². The van der Waals surface area contributed by atoms with Crippen molar-refractivity contribution in [1.82, 2.24) is 9.44 Å². The van der Waals surface area contributed by atoms with Gasteiger partial charge in [0.2, 0.25) is 31.9 Å². The molecule has 4 aromatic carbocycles. The number of hydrogen-bond acceptors (Lipinski definition) is 12. The maximum absolute atomic E-state index is 13.0. The zero-order valence-corrected chi connectivity index (χ0v) is 39.0. The maximum Gasteiger partial charge on any atom is 0.242 e. The summed E-state index contributed by atoms with van der Waals surface area (Å²) in [5, 5.41) is 5.68. The molecule has 0 aliphatic carbocycles. The summed E-state index contributed by atoms with van der Waals surface area (Å²) in [6.45, 7) is 13.9. The molecule has 64 heavy (non-hydrogen) atoms. The van der Waals surface area contributed by atoms with Gasteiger partial charge in [-0.3, -0.25) is 9.59 Å². The number of anilines is 4. The number of amides is 2. The standard InChI is InChI=1S/2C23H31N3O5S/c2*1-17(2)16-22(25-32(28,29)21-10-8-20(30-3)9-11-21)23(27)24-18-4-6-19(7-5-18)26-12-14-31-15-13-26/h2*4-11,17,22,25H,12-16H2,1-3H3,(H,24,27)/t2*22-/m00/s1. The third kappa shape index (κ3) is 14.9. The Hall–Kier alpha value is -5.24. The first-order chi connectivity index (χ1) is 30.6. The van der Waals surface area contributed by atoms with Crippen LogP contribution in [0.25, 0.3) is 0 Å². The minimum Gasteiger partial charge on any atom is -0.497 e. The van der Waals surface area contributed by atoms with Crippen molar-refractivity contribution in [2.75, 3.05) is 87.3 Å². The number of hydrogen-bond donors (Lipinski definition) is 4. The van der Waals surface area contributed by atoms with Crippen LogP contribution in [-0.4, -0.2) is 108 Å². The van der Waals surface area contributed by atoms with E-state index in [-0.39, 0.29) is 21.6 Å². The van der Waals surface area contributed by atoms with Crippen LogP contribution >= 0.6 is 0 Å². The third-order valence-electron chi connectivity index (χ3n) is 10.4. The lowest BCUT2D eigenvalue weighted by Gasteiger charge is -2.29. The van der Waals surface area contributed by atoms with Crippen LogP contribution in [0.5, 0.6) is 11.5 Å². The molecule has 0 saturated carbocycles. The van der Waals surface area contributed by atoms with Gasteiger partial charge in [-0.25, -0.2) is 16.8 Å². The first kappa shape index (κ1) is 49.8. The Bertz CT molecular complexity index is 2140. The van der Waals surface area contributed by atoms with E-state index in [1.807, 2.05) is 76.2 Å². The van der Waals surface area contributed by atoms with Crippen LogP contribution in [0.2, 0.25) is 0 Å². The number of nitrogens with zero attached hydrogens (tertiary/aromatic N) is 2. The van der Waals surface area contributed by atoms with Crippen LogP contribution in [0, 0.1) is 11.8 Å². The number of nitrogens with one attached hydrogen (secondary N) is 4. The molecule has 2 amide bonds. The number of morpholine rings is 2. The van der Waals surface area contributed by atoms with E-state index in [1.54, 1.807) is 24.3 Å². The van der Waals surface area contributed by atoms with E-state index >= 15 is 0 Å². The van der Waals surface area contributed by atoms with Crippen molar-refractivity contribution in [3.05, 3.63) is 97.1 Å². The van der Waals surface area contributed by atoms with Crippen molar-refractivity contribution >= 4 is 54.6 Å². The van der Waals surface area contributed by atoms with Gasteiger partial charge in [0, 0.05) is 48.9 Å². The molecule has 2 atom stereocenters. The van der Waals surface area contributed by atoms with Crippen LogP contribution in [0.1, 0.15) is 40.5 Å². The molecule has 4 N–H and O–H groups in total. The highest BCUT2D eigenvalue weighted by Crippen LogP contribution is 2.23. The molecule has 4 aromatic rings. The molecule has 0 aromatic heterocycles. The minimum absolute atomic E-state index is 0.0784. The SMILES string of the molecule is COc1ccc(S(=O)(=O)N[C@@H](CC(C)C)C(=O)Nc2ccc(N3CCOCC3)cc2)cc1.COc1ccc(S(=O)(=O)N[C@@H](CC(C)C)C(=O)Nc2ccc(N3CCOCC3)cc2)cc1. The van der Waals surface area contributed by atoms with Crippen molar-refractivity contribution in [3.63, 3.8) is 0 Å². The molecule has 16 nitrogen and oxygen atoms in total. The summed E-state index contributed by atoms with van der Waals surface area (Å²) in [6.07, 6.45) is 0.736. The van der Waals surface area contributed by atoms with Crippen LogP contribution in [-0.2, 0) is 39.1 Å². The van der Waals surface area contributed by atoms with Crippen LogP contribution in [0.15, 0.2) is 107 Å². The van der Waals surface area contributed by atoms with Gasteiger partial charge in [0.1, 0.15) is 23.6 Å². The number of carbonyl (C=O) groups excluding carboxylic acids is 2. The van der Waals surface area contributed by atoms with E-state index in [0.717, 1.165) is 37.6 Å². The topological polar surface area (TPSA) is 194 Å². The van der Waals surface area contributed by atoms with E-state index in [2.05, 4.69) is 29.9 Å². The molecule has 2 saturated heterocycles. The second-order valence-electron chi connectivity index (χ2n) is 16.2. The van der Waals surface area contributed by atoms with Gasteiger partial charge in [0.05, 0.1) is 50.4 Å².